The molecule has 2 bridgehead atoms. The van der Waals surface area contributed by atoms with Gasteiger partial charge in [0.2, 0.25) is 11.7 Å². The van der Waals surface area contributed by atoms with Crippen LogP contribution >= 0.6 is 0 Å². The van der Waals surface area contributed by atoms with Gasteiger partial charge in [0.05, 0.1) is 25.7 Å². The SMILES string of the molecule is COC(=O)[C@]12OC[C@@]34[C@H]([C@H](O)[C@@H]1O)[C@]1(C)CC(=O)C(O)=C(C)[C@H]1C[C@H]3OC(=O)[C@@H](OC(=O)/C=C(\C)C(C)C)[C@@H]24. The number of methoxy groups -OCH3 is 1. The first-order chi connectivity index (χ1) is 18.2. The van der Waals surface area contributed by atoms with Crippen LogP contribution in [0.3, 0.4) is 0 Å². The highest BCUT2D eigenvalue weighted by Crippen LogP contribution is 2.72. The second-order valence-corrected chi connectivity index (χ2v) is 12.3. The van der Waals surface area contributed by atoms with Gasteiger partial charge in [-0.3, -0.25) is 4.79 Å². The van der Waals surface area contributed by atoms with E-state index in [0.717, 1.165) is 7.11 Å². The van der Waals surface area contributed by atoms with Crippen LogP contribution in [0.1, 0.15) is 47.5 Å². The monoisotopic (exact) mass is 548 g/mol. The van der Waals surface area contributed by atoms with E-state index in [1.54, 1.807) is 20.8 Å². The topological polar surface area (TPSA) is 166 Å². The van der Waals surface area contributed by atoms with Crippen LogP contribution in [0.15, 0.2) is 23.0 Å². The number of carbonyl (C=O) groups is 4. The fourth-order valence-electron chi connectivity index (χ4n) is 8.37. The van der Waals surface area contributed by atoms with Crippen LogP contribution in [-0.4, -0.2) is 82.7 Å². The molecule has 0 aromatic heterocycles. The van der Waals surface area contributed by atoms with Gasteiger partial charge in [-0.05, 0) is 43.1 Å². The molecule has 11 nitrogen and oxygen atoms in total. The molecule has 11 heteroatoms. The summed E-state index contributed by atoms with van der Waals surface area (Å²) in [7, 11) is 1.10. The Balaban J connectivity index is 1.71. The highest BCUT2D eigenvalue weighted by Gasteiger charge is 2.85. The minimum Gasteiger partial charge on any atom is -0.504 e. The number of fused-ring (bicyclic) bond motifs is 2. The van der Waals surface area contributed by atoms with Crippen molar-refractivity contribution in [3.05, 3.63) is 23.0 Å². The van der Waals surface area contributed by atoms with Crippen molar-refractivity contribution < 1.29 is 53.4 Å². The normalized spacial score (nSPS) is 44.9. The Kier molecular flexibility index (Phi) is 6.32. The van der Waals surface area contributed by atoms with E-state index in [2.05, 4.69) is 0 Å². The van der Waals surface area contributed by atoms with Crippen molar-refractivity contribution in [1.82, 2.24) is 0 Å². The van der Waals surface area contributed by atoms with Crippen molar-refractivity contribution >= 4 is 23.7 Å². The van der Waals surface area contributed by atoms with Crippen molar-refractivity contribution in [2.75, 3.05) is 13.7 Å². The average Bonchev–Trinajstić information content (AvgIpc) is 3.18. The summed E-state index contributed by atoms with van der Waals surface area (Å²) in [6, 6.07) is 0. The summed E-state index contributed by atoms with van der Waals surface area (Å²) in [6.45, 7) is 8.72. The summed E-state index contributed by atoms with van der Waals surface area (Å²) >= 11 is 0. The second kappa shape index (κ2) is 8.87. The lowest BCUT2D eigenvalue weighted by molar-refractivity contribution is -0.290. The van der Waals surface area contributed by atoms with Crippen LogP contribution in [0.2, 0.25) is 0 Å². The Labute approximate surface area is 226 Å². The Morgan fingerprint density at radius 2 is 1.85 bits per heavy atom. The number of ketones is 1. The highest BCUT2D eigenvalue weighted by molar-refractivity contribution is 5.95. The molecule has 5 rings (SSSR count). The van der Waals surface area contributed by atoms with Crippen molar-refractivity contribution in [1.29, 1.82) is 0 Å². The minimum absolute atomic E-state index is 0.0302. The molecule has 0 aromatic carbocycles. The van der Waals surface area contributed by atoms with Crippen LogP contribution < -0.4 is 0 Å². The van der Waals surface area contributed by atoms with Gasteiger partial charge in [0.15, 0.2) is 11.5 Å². The molecule has 5 aliphatic rings. The zero-order valence-corrected chi connectivity index (χ0v) is 22.9. The zero-order valence-electron chi connectivity index (χ0n) is 22.9. The summed E-state index contributed by atoms with van der Waals surface area (Å²) < 4.78 is 22.7. The molecule has 3 N–H and O–H groups in total. The molecule has 0 radical (unpaired) electrons. The van der Waals surface area contributed by atoms with E-state index in [0.29, 0.717) is 11.1 Å². The van der Waals surface area contributed by atoms with Gasteiger partial charge in [-0.15, -0.1) is 0 Å². The molecule has 214 valence electrons. The highest BCUT2D eigenvalue weighted by atomic mass is 16.6. The number of Topliss-reactive ketones (excluding diaryl/α,β-unsaturated/α-hetero) is 1. The van der Waals surface area contributed by atoms with Crippen molar-refractivity contribution in [3.63, 3.8) is 0 Å². The maximum absolute atomic E-state index is 13.5. The number of allylic oxidation sites excluding steroid dienone is 3. The molecule has 4 fully saturated rings. The Hall–Kier alpha value is -2.76. The molecule has 10 atom stereocenters. The summed E-state index contributed by atoms with van der Waals surface area (Å²) in [6.07, 6.45) is -4.75. The lowest BCUT2D eigenvalue weighted by atomic mass is 9.38. The predicted molar refractivity (Wildman–Crippen MR) is 132 cm³/mol. The molecule has 0 unspecified atom stereocenters. The Morgan fingerprint density at radius 1 is 1.18 bits per heavy atom. The van der Waals surface area contributed by atoms with Crippen LogP contribution in [-0.2, 0) is 38.1 Å². The predicted octanol–water partition coefficient (Wildman–Crippen LogP) is 1.15. The van der Waals surface area contributed by atoms with E-state index >= 15 is 0 Å². The number of hydrogen-bond donors (Lipinski definition) is 3. The fraction of sp³-hybridized carbons (Fsp3) is 0.714. The maximum Gasteiger partial charge on any atom is 0.348 e. The summed E-state index contributed by atoms with van der Waals surface area (Å²) in [5.41, 5.74) is -3.43. The molecule has 0 amide bonds. The first-order valence-electron chi connectivity index (χ1n) is 13.3. The van der Waals surface area contributed by atoms with Crippen LogP contribution in [0.25, 0.3) is 0 Å². The summed E-state index contributed by atoms with van der Waals surface area (Å²) in [5.74, 6) is -6.26. The quantitative estimate of drug-likeness (QED) is 0.262. The zero-order chi connectivity index (χ0) is 28.8. The van der Waals surface area contributed by atoms with E-state index in [-0.39, 0.29) is 31.1 Å². The van der Waals surface area contributed by atoms with Gasteiger partial charge < -0.3 is 34.3 Å². The lowest BCUT2D eigenvalue weighted by Crippen LogP contribution is -2.79. The molecule has 2 heterocycles. The number of aliphatic hydroxyl groups excluding tert-OH is 3. The third-order valence-electron chi connectivity index (χ3n) is 10.3. The molecule has 0 aromatic rings. The van der Waals surface area contributed by atoms with Gasteiger partial charge in [0, 0.05) is 23.8 Å². The first-order valence-corrected chi connectivity index (χ1v) is 13.3. The van der Waals surface area contributed by atoms with E-state index in [9.17, 15) is 34.5 Å². The molecule has 2 saturated heterocycles. The van der Waals surface area contributed by atoms with Crippen molar-refractivity contribution in [2.24, 2.45) is 34.5 Å². The largest absolute Gasteiger partial charge is 0.504 e. The van der Waals surface area contributed by atoms with E-state index in [1.165, 1.54) is 6.08 Å². The van der Waals surface area contributed by atoms with Gasteiger partial charge >= 0.3 is 17.9 Å². The number of ether oxygens (including phenoxy) is 4. The molecule has 1 spiro atoms. The molecular formula is C28H36O11. The Morgan fingerprint density at radius 3 is 2.46 bits per heavy atom. The van der Waals surface area contributed by atoms with Crippen LogP contribution in [0.4, 0.5) is 0 Å². The summed E-state index contributed by atoms with van der Waals surface area (Å²) in [4.78, 5) is 52.8. The van der Waals surface area contributed by atoms with Gasteiger partial charge in [0.1, 0.15) is 12.2 Å². The number of esters is 3. The van der Waals surface area contributed by atoms with E-state index in [4.69, 9.17) is 18.9 Å². The smallest absolute Gasteiger partial charge is 0.348 e. The summed E-state index contributed by atoms with van der Waals surface area (Å²) in [5, 5.41) is 33.7. The third kappa shape index (κ3) is 3.39. The number of carbonyl (C=O) groups excluding carboxylic acids is 4. The van der Waals surface area contributed by atoms with E-state index < -0.39 is 82.3 Å². The van der Waals surface area contributed by atoms with Crippen LogP contribution in [0, 0.1) is 34.5 Å². The Bertz CT molecular complexity index is 1200. The van der Waals surface area contributed by atoms with Crippen molar-refractivity contribution in [3.8, 4) is 0 Å². The standard InChI is InChI=1S/C28H36O11/c1-11(2)12(3)7-17(30)39-20-22-27-10-37-28(22,25(35)36-6)23(33)19(32)21(27)26(5)9-15(29)18(31)13(4)14(26)8-16(27)38-24(20)34/h7,11,14,16,19-23,31-33H,8-10H2,1-6H3/b12-7+/t14-,16-,19+,20+,21-,22-,23+,26-,27+,28-/m1/s1. The van der Waals surface area contributed by atoms with Crippen molar-refractivity contribution in [2.45, 2.75) is 77.5 Å². The van der Waals surface area contributed by atoms with Gasteiger partial charge in [-0.1, -0.05) is 26.3 Å². The third-order valence-corrected chi connectivity index (χ3v) is 10.3. The number of aliphatic hydroxyl groups is 3. The average molecular weight is 549 g/mol. The molecule has 2 saturated carbocycles. The van der Waals surface area contributed by atoms with E-state index in [1.807, 2.05) is 13.8 Å². The second-order valence-electron chi connectivity index (χ2n) is 12.3. The lowest BCUT2D eigenvalue weighted by Gasteiger charge is -2.67. The fourth-order valence-corrected chi connectivity index (χ4v) is 8.37. The van der Waals surface area contributed by atoms with Crippen LogP contribution in [0.5, 0.6) is 0 Å². The van der Waals surface area contributed by atoms with Gasteiger partial charge in [-0.2, -0.15) is 0 Å². The minimum atomic E-state index is -2.22. The molecular weight excluding hydrogens is 512 g/mol. The number of rotatable bonds is 4. The molecule has 2 aliphatic heterocycles. The van der Waals surface area contributed by atoms with Gasteiger partial charge in [0.25, 0.3) is 0 Å². The molecule has 39 heavy (non-hydrogen) atoms. The maximum atomic E-state index is 13.5. The molecule has 3 aliphatic carbocycles. The first kappa shape index (κ1) is 27.8. The van der Waals surface area contributed by atoms with Gasteiger partial charge in [-0.25, -0.2) is 14.4 Å². The number of hydrogen-bond acceptors (Lipinski definition) is 11.